The predicted octanol–water partition coefficient (Wildman–Crippen LogP) is 5.66. The first-order valence-corrected chi connectivity index (χ1v) is 12.0. The van der Waals surface area contributed by atoms with Crippen molar-refractivity contribution in [2.75, 3.05) is 28.4 Å². The molecule has 0 aromatic heterocycles. The van der Waals surface area contributed by atoms with Crippen LogP contribution in [0.1, 0.15) is 57.1 Å². The molecule has 0 bridgehead atoms. The van der Waals surface area contributed by atoms with Crippen LogP contribution in [0.4, 0.5) is 0 Å². The summed E-state index contributed by atoms with van der Waals surface area (Å²) in [7, 11) is 6.51. The third-order valence-electron chi connectivity index (χ3n) is 6.87. The van der Waals surface area contributed by atoms with E-state index in [9.17, 15) is 5.26 Å². The van der Waals surface area contributed by atoms with Gasteiger partial charge in [0.25, 0.3) is 0 Å². The molecule has 0 aliphatic rings. The van der Waals surface area contributed by atoms with Gasteiger partial charge in [0, 0.05) is 6.04 Å². The molecule has 6 heteroatoms. The quantitative estimate of drug-likeness (QED) is 0.385. The Labute approximate surface area is 205 Å². The second-order valence-electron chi connectivity index (χ2n) is 8.71. The molecule has 6 nitrogen and oxygen atoms in total. The highest BCUT2D eigenvalue weighted by Gasteiger charge is 2.39. The molecular weight excluding hydrogens is 428 g/mol. The molecule has 2 rings (SSSR count). The van der Waals surface area contributed by atoms with E-state index in [2.05, 4.69) is 19.9 Å². The van der Waals surface area contributed by atoms with Gasteiger partial charge in [0.2, 0.25) is 0 Å². The van der Waals surface area contributed by atoms with Gasteiger partial charge in [0.15, 0.2) is 23.0 Å². The van der Waals surface area contributed by atoms with Gasteiger partial charge >= 0.3 is 0 Å². The van der Waals surface area contributed by atoms with Crippen LogP contribution in [0.15, 0.2) is 36.4 Å². The van der Waals surface area contributed by atoms with Crippen LogP contribution >= 0.6 is 0 Å². The molecule has 2 N–H and O–H groups in total. The summed E-state index contributed by atoms with van der Waals surface area (Å²) in [5, 5.41) is 10.5. The van der Waals surface area contributed by atoms with Crippen molar-refractivity contribution in [3.05, 3.63) is 47.5 Å². The van der Waals surface area contributed by atoms with Gasteiger partial charge in [0.1, 0.15) is 0 Å². The van der Waals surface area contributed by atoms with E-state index in [0.717, 1.165) is 49.7 Å². The molecule has 0 amide bonds. The largest absolute Gasteiger partial charge is 0.493 e. The summed E-state index contributed by atoms with van der Waals surface area (Å²) in [6, 6.07) is 14.5. The lowest BCUT2D eigenvalue weighted by Crippen LogP contribution is -2.34. The van der Waals surface area contributed by atoms with Crippen LogP contribution in [0.25, 0.3) is 0 Å². The van der Waals surface area contributed by atoms with Gasteiger partial charge in [-0.3, -0.25) is 0 Å². The average Bonchev–Trinajstić information content (AvgIpc) is 2.87. The minimum atomic E-state index is -0.605. The van der Waals surface area contributed by atoms with E-state index >= 15 is 0 Å². The molecule has 34 heavy (non-hydrogen) atoms. The van der Waals surface area contributed by atoms with Crippen LogP contribution in [0.2, 0.25) is 0 Å². The van der Waals surface area contributed by atoms with Crippen molar-refractivity contribution < 1.29 is 18.9 Å². The number of rotatable bonds is 14. The second-order valence-corrected chi connectivity index (χ2v) is 8.71. The summed E-state index contributed by atoms with van der Waals surface area (Å²) >= 11 is 0. The molecule has 0 radical (unpaired) electrons. The summed E-state index contributed by atoms with van der Waals surface area (Å²) in [6.07, 6.45) is 5.01. The number of ether oxygens (including phenoxy) is 4. The van der Waals surface area contributed by atoms with Gasteiger partial charge in [-0.1, -0.05) is 38.8 Å². The molecule has 2 atom stereocenters. The fourth-order valence-corrected chi connectivity index (χ4v) is 4.95. The highest BCUT2D eigenvalue weighted by molar-refractivity contribution is 5.47. The Hall–Kier alpha value is -2.91. The van der Waals surface area contributed by atoms with Crippen molar-refractivity contribution >= 4 is 0 Å². The normalized spacial score (nSPS) is 13.6. The Bertz CT molecular complexity index is 952. The minimum Gasteiger partial charge on any atom is -0.493 e. The van der Waals surface area contributed by atoms with Crippen LogP contribution in [0.5, 0.6) is 23.0 Å². The average molecular weight is 469 g/mol. The molecule has 0 spiro atoms. The van der Waals surface area contributed by atoms with Gasteiger partial charge in [0.05, 0.1) is 39.9 Å². The van der Waals surface area contributed by atoms with Gasteiger partial charge < -0.3 is 24.7 Å². The summed E-state index contributed by atoms with van der Waals surface area (Å²) in [5.74, 6) is 2.96. The summed E-state index contributed by atoms with van der Waals surface area (Å²) in [6.45, 7) is 4.31. The van der Waals surface area contributed by atoms with E-state index in [1.807, 2.05) is 36.4 Å². The van der Waals surface area contributed by atoms with E-state index in [4.69, 9.17) is 24.7 Å². The fraction of sp³-hybridized carbons (Fsp3) is 0.536. The fourth-order valence-electron chi connectivity index (χ4n) is 4.95. The lowest BCUT2D eigenvalue weighted by Gasteiger charge is -2.35. The van der Waals surface area contributed by atoms with Crippen LogP contribution in [-0.2, 0) is 11.8 Å². The molecule has 0 aliphatic carbocycles. The number of hydrogen-bond donors (Lipinski definition) is 1. The lowest BCUT2D eigenvalue weighted by atomic mass is 9.66. The standard InChI is InChI=1S/C28H40N2O4/c1-7-21(8-2)28(19-29,22-12-14-25(32-4)27(18-22)34-6)15-9-10-23(30)16-20-11-13-24(31-3)26(17-20)33-5/h11-14,17-18,21,23H,7-10,15-16,30H2,1-6H3. The molecule has 0 saturated carbocycles. The van der Waals surface area contributed by atoms with Gasteiger partial charge in [-0.2, -0.15) is 5.26 Å². The monoisotopic (exact) mass is 468 g/mol. The van der Waals surface area contributed by atoms with Gasteiger partial charge in [-0.25, -0.2) is 0 Å². The molecule has 0 aliphatic heterocycles. The SMILES string of the molecule is CCC(CC)C(C#N)(CCCC(N)Cc1ccc(OC)c(OC)c1)c1ccc(OC)c(OC)c1. The van der Waals surface area contributed by atoms with Crippen molar-refractivity contribution in [2.45, 2.75) is 63.8 Å². The van der Waals surface area contributed by atoms with Crippen LogP contribution in [-0.4, -0.2) is 34.5 Å². The first kappa shape index (κ1) is 27.3. The molecular formula is C28H40N2O4. The number of hydrogen-bond acceptors (Lipinski definition) is 6. The van der Waals surface area contributed by atoms with E-state index in [1.54, 1.807) is 28.4 Å². The molecule has 186 valence electrons. The number of nitrogens with zero attached hydrogens (tertiary/aromatic N) is 1. The highest BCUT2D eigenvalue weighted by Crippen LogP contribution is 2.43. The third kappa shape index (κ3) is 6.15. The first-order valence-electron chi connectivity index (χ1n) is 12.0. The summed E-state index contributed by atoms with van der Waals surface area (Å²) in [4.78, 5) is 0. The molecule has 2 aromatic carbocycles. The van der Waals surface area contributed by atoms with E-state index in [1.165, 1.54) is 0 Å². The Morgan fingerprint density at radius 2 is 1.41 bits per heavy atom. The zero-order valence-electron chi connectivity index (χ0n) is 21.5. The second kappa shape index (κ2) is 13.1. The van der Waals surface area contributed by atoms with Crippen molar-refractivity contribution in [2.24, 2.45) is 11.7 Å². The summed E-state index contributed by atoms with van der Waals surface area (Å²) < 4.78 is 21.7. The van der Waals surface area contributed by atoms with E-state index < -0.39 is 5.41 Å². The molecule has 0 heterocycles. The van der Waals surface area contributed by atoms with Crippen molar-refractivity contribution in [1.29, 1.82) is 5.26 Å². The first-order chi connectivity index (χ1) is 16.4. The Morgan fingerprint density at radius 3 is 1.94 bits per heavy atom. The van der Waals surface area contributed by atoms with Crippen LogP contribution in [0, 0.1) is 17.2 Å². The van der Waals surface area contributed by atoms with Gasteiger partial charge in [-0.05, 0) is 67.0 Å². The smallest absolute Gasteiger partial charge is 0.161 e. The zero-order chi connectivity index (χ0) is 25.1. The third-order valence-corrected chi connectivity index (χ3v) is 6.87. The minimum absolute atomic E-state index is 0.0124. The predicted molar refractivity (Wildman–Crippen MR) is 136 cm³/mol. The maximum Gasteiger partial charge on any atom is 0.161 e. The molecule has 0 fully saturated rings. The van der Waals surface area contributed by atoms with Crippen LogP contribution < -0.4 is 24.7 Å². The molecule has 2 aromatic rings. The van der Waals surface area contributed by atoms with E-state index in [-0.39, 0.29) is 12.0 Å². The van der Waals surface area contributed by atoms with Crippen molar-refractivity contribution in [1.82, 2.24) is 0 Å². The van der Waals surface area contributed by atoms with E-state index in [0.29, 0.717) is 23.0 Å². The van der Waals surface area contributed by atoms with Crippen molar-refractivity contribution in [3.63, 3.8) is 0 Å². The maximum absolute atomic E-state index is 10.5. The number of benzene rings is 2. The Morgan fingerprint density at radius 1 is 0.853 bits per heavy atom. The number of nitrogens with two attached hydrogens (primary N) is 1. The molecule has 0 saturated heterocycles. The topological polar surface area (TPSA) is 86.7 Å². The van der Waals surface area contributed by atoms with Gasteiger partial charge in [-0.15, -0.1) is 0 Å². The van der Waals surface area contributed by atoms with Crippen LogP contribution in [0.3, 0.4) is 0 Å². The number of nitriles is 1. The summed E-state index contributed by atoms with van der Waals surface area (Å²) in [5.41, 5.74) is 7.99. The van der Waals surface area contributed by atoms with Crippen molar-refractivity contribution in [3.8, 4) is 29.1 Å². The molecule has 2 unspecified atom stereocenters. The lowest BCUT2D eigenvalue weighted by molar-refractivity contribution is 0.287. The zero-order valence-corrected chi connectivity index (χ0v) is 21.5. The Kier molecular flexibility index (Phi) is 10.5. The highest BCUT2D eigenvalue weighted by atomic mass is 16.5. The number of methoxy groups -OCH3 is 4. The maximum atomic E-state index is 10.5. The Balaban J connectivity index is 2.19.